The lowest BCUT2D eigenvalue weighted by molar-refractivity contribution is 0.261. The van der Waals surface area contributed by atoms with Crippen LogP contribution in [0.1, 0.15) is 23.6 Å². The van der Waals surface area contributed by atoms with Crippen LogP contribution in [0.15, 0.2) is 36.4 Å². The van der Waals surface area contributed by atoms with Gasteiger partial charge in [-0.05, 0) is 35.7 Å². The summed E-state index contributed by atoms with van der Waals surface area (Å²) in [6.45, 7) is 5.09. The number of hydrogen-bond acceptors (Lipinski definition) is 3. The first-order chi connectivity index (χ1) is 10.8. The van der Waals surface area contributed by atoms with Crippen molar-refractivity contribution in [3.63, 3.8) is 0 Å². The van der Waals surface area contributed by atoms with Crippen molar-refractivity contribution < 1.29 is 4.74 Å². The van der Waals surface area contributed by atoms with Crippen molar-refractivity contribution in [1.29, 1.82) is 5.26 Å². The Bertz CT molecular complexity index is 716. The summed E-state index contributed by atoms with van der Waals surface area (Å²) in [5.74, 6) is 0.746. The van der Waals surface area contributed by atoms with E-state index >= 15 is 0 Å². The Morgan fingerprint density at radius 3 is 2.64 bits per heavy atom. The van der Waals surface area contributed by atoms with E-state index in [1.165, 1.54) is 22.3 Å². The van der Waals surface area contributed by atoms with Crippen LogP contribution in [0.2, 0.25) is 0 Å². The molecule has 0 saturated heterocycles. The third-order valence-electron chi connectivity index (χ3n) is 4.41. The maximum Gasteiger partial charge on any atom is 0.141 e. The van der Waals surface area contributed by atoms with Gasteiger partial charge in [-0.1, -0.05) is 37.3 Å². The summed E-state index contributed by atoms with van der Waals surface area (Å²) in [6.07, 6.45) is 0.996. The SMILES string of the molecule is CCN1CCc2c(-c3ccccc3)cc(C#N)c(OC)c2C1. The van der Waals surface area contributed by atoms with Crippen molar-refractivity contribution >= 4 is 0 Å². The Morgan fingerprint density at radius 1 is 1.23 bits per heavy atom. The molecule has 1 heterocycles. The molecule has 3 rings (SSSR count). The second-order valence-electron chi connectivity index (χ2n) is 5.56. The van der Waals surface area contributed by atoms with E-state index in [4.69, 9.17) is 4.74 Å². The molecular weight excluding hydrogens is 272 g/mol. The van der Waals surface area contributed by atoms with Crippen LogP contribution < -0.4 is 4.74 Å². The van der Waals surface area contributed by atoms with Crippen molar-refractivity contribution in [3.05, 3.63) is 53.1 Å². The number of rotatable bonds is 3. The molecule has 0 N–H and O–H groups in total. The number of ether oxygens (including phenoxy) is 1. The van der Waals surface area contributed by atoms with Gasteiger partial charge in [-0.15, -0.1) is 0 Å². The molecule has 112 valence electrons. The molecule has 0 atom stereocenters. The van der Waals surface area contributed by atoms with E-state index in [2.05, 4.69) is 30.0 Å². The smallest absolute Gasteiger partial charge is 0.141 e. The van der Waals surface area contributed by atoms with E-state index in [1.807, 2.05) is 24.3 Å². The summed E-state index contributed by atoms with van der Waals surface area (Å²) in [4.78, 5) is 2.39. The number of likely N-dealkylation sites (N-methyl/N-ethyl adjacent to an activating group) is 1. The van der Waals surface area contributed by atoms with E-state index < -0.39 is 0 Å². The van der Waals surface area contributed by atoms with Crippen LogP contribution in [0, 0.1) is 11.3 Å². The van der Waals surface area contributed by atoms with Gasteiger partial charge >= 0.3 is 0 Å². The Morgan fingerprint density at radius 2 is 2.00 bits per heavy atom. The van der Waals surface area contributed by atoms with Crippen molar-refractivity contribution in [3.8, 4) is 22.9 Å². The lowest BCUT2D eigenvalue weighted by Gasteiger charge is -2.31. The van der Waals surface area contributed by atoms with E-state index in [0.717, 1.165) is 31.8 Å². The fourth-order valence-electron chi connectivity index (χ4n) is 3.25. The second kappa shape index (κ2) is 6.21. The van der Waals surface area contributed by atoms with Crippen molar-refractivity contribution in [2.45, 2.75) is 19.9 Å². The predicted octanol–water partition coefficient (Wildman–Crippen LogP) is 3.61. The van der Waals surface area contributed by atoms with Crippen LogP contribution in [0.5, 0.6) is 5.75 Å². The molecule has 22 heavy (non-hydrogen) atoms. The Balaban J connectivity index is 2.23. The van der Waals surface area contributed by atoms with E-state index in [9.17, 15) is 5.26 Å². The van der Waals surface area contributed by atoms with Gasteiger partial charge in [0.1, 0.15) is 11.8 Å². The fourth-order valence-corrected chi connectivity index (χ4v) is 3.25. The van der Waals surface area contributed by atoms with Crippen LogP contribution in [0.4, 0.5) is 0 Å². The second-order valence-corrected chi connectivity index (χ2v) is 5.56. The van der Waals surface area contributed by atoms with Crippen LogP contribution in [0.25, 0.3) is 11.1 Å². The maximum atomic E-state index is 9.50. The largest absolute Gasteiger partial charge is 0.495 e. The molecule has 0 saturated carbocycles. The van der Waals surface area contributed by atoms with Gasteiger partial charge in [0.25, 0.3) is 0 Å². The first-order valence-corrected chi connectivity index (χ1v) is 7.69. The van der Waals surface area contributed by atoms with Crippen LogP contribution in [0.3, 0.4) is 0 Å². The highest BCUT2D eigenvalue weighted by atomic mass is 16.5. The first-order valence-electron chi connectivity index (χ1n) is 7.69. The van der Waals surface area contributed by atoms with Gasteiger partial charge in [-0.3, -0.25) is 4.90 Å². The van der Waals surface area contributed by atoms with E-state index in [1.54, 1.807) is 7.11 Å². The summed E-state index contributed by atoms with van der Waals surface area (Å²) in [6, 6.07) is 14.6. The molecule has 0 spiro atoms. The van der Waals surface area contributed by atoms with Gasteiger partial charge in [0, 0.05) is 18.7 Å². The number of benzene rings is 2. The fraction of sp³-hybridized carbons (Fsp3) is 0.316. The molecule has 1 aliphatic heterocycles. The molecule has 0 aliphatic carbocycles. The van der Waals surface area contributed by atoms with Gasteiger partial charge < -0.3 is 4.74 Å². The Labute approximate surface area is 131 Å². The van der Waals surface area contributed by atoms with Crippen LogP contribution >= 0.6 is 0 Å². The number of hydrogen-bond donors (Lipinski definition) is 0. The number of nitriles is 1. The minimum Gasteiger partial charge on any atom is -0.495 e. The van der Waals surface area contributed by atoms with E-state index in [-0.39, 0.29) is 0 Å². The summed E-state index contributed by atoms with van der Waals surface area (Å²) >= 11 is 0. The number of methoxy groups -OCH3 is 1. The Kier molecular flexibility index (Phi) is 4.13. The number of fused-ring (bicyclic) bond motifs is 1. The van der Waals surface area contributed by atoms with Gasteiger partial charge in [0.15, 0.2) is 0 Å². The highest BCUT2D eigenvalue weighted by molar-refractivity contribution is 5.74. The molecule has 0 unspecified atom stereocenters. The average molecular weight is 292 g/mol. The average Bonchev–Trinajstić information content (AvgIpc) is 2.60. The molecule has 2 aromatic carbocycles. The normalized spacial score (nSPS) is 14.2. The predicted molar refractivity (Wildman–Crippen MR) is 87.8 cm³/mol. The third kappa shape index (κ3) is 2.47. The summed E-state index contributed by atoms with van der Waals surface area (Å²) in [7, 11) is 1.66. The molecule has 0 fully saturated rings. The van der Waals surface area contributed by atoms with Gasteiger partial charge in [0.05, 0.1) is 12.7 Å². The molecule has 0 aromatic heterocycles. The van der Waals surface area contributed by atoms with Crippen LogP contribution in [-0.4, -0.2) is 25.1 Å². The van der Waals surface area contributed by atoms with E-state index in [0.29, 0.717) is 5.56 Å². The number of nitrogens with zero attached hydrogens (tertiary/aromatic N) is 2. The first kappa shape index (κ1) is 14.6. The minimum absolute atomic E-state index is 0.623. The zero-order valence-corrected chi connectivity index (χ0v) is 13.1. The lowest BCUT2D eigenvalue weighted by Crippen LogP contribution is -2.31. The molecule has 0 amide bonds. The molecule has 3 nitrogen and oxygen atoms in total. The van der Waals surface area contributed by atoms with Gasteiger partial charge in [-0.25, -0.2) is 0 Å². The minimum atomic E-state index is 0.623. The molecule has 0 radical (unpaired) electrons. The quantitative estimate of drug-likeness (QED) is 0.867. The van der Waals surface area contributed by atoms with Gasteiger partial charge in [0.2, 0.25) is 0 Å². The molecule has 0 bridgehead atoms. The van der Waals surface area contributed by atoms with Gasteiger partial charge in [-0.2, -0.15) is 5.26 Å². The topological polar surface area (TPSA) is 36.3 Å². The monoisotopic (exact) mass is 292 g/mol. The zero-order valence-electron chi connectivity index (χ0n) is 13.1. The molecule has 1 aliphatic rings. The van der Waals surface area contributed by atoms with Crippen molar-refractivity contribution in [1.82, 2.24) is 4.90 Å². The lowest BCUT2D eigenvalue weighted by atomic mass is 9.88. The molecular formula is C19H20N2O. The highest BCUT2D eigenvalue weighted by Gasteiger charge is 2.24. The molecule has 2 aromatic rings. The summed E-state index contributed by atoms with van der Waals surface area (Å²) in [5, 5.41) is 9.50. The summed E-state index contributed by atoms with van der Waals surface area (Å²) < 4.78 is 5.57. The zero-order chi connectivity index (χ0) is 15.5. The summed E-state index contributed by atoms with van der Waals surface area (Å²) in [5.41, 5.74) is 5.46. The Hall–Kier alpha value is -2.31. The standard InChI is InChI=1S/C19H20N2O/c1-3-21-10-9-16-17(14-7-5-4-6-8-14)11-15(12-20)19(22-2)18(16)13-21/h4-8,11H,3,9-10,13H2,1-2H3. The third-order valence-corrected chi connectivity index (χ3v) is 4.41. The van der Waals surface area contributed by atoms with Crippen molar-refractivity contribution in [2.24, 2.45) is 0 Å². The maximum absolute atomic E-state index is 9.50. The molecule has 3 heteroatoms. The van der Waals surface area contributed by atoms with Crippen molar-refractivity contribution in [2.75, 3.05) is 20.2 Å². The van der Waals surface area contributed by atoms with Crippen LogP contribution in [-0.2, 0) is 13.0 Å². The highest BCUT2D eigenvalue weighted by Crippen LogP contribution is 2.38.